The first-order valence-electron chi connectivity index (χ1n) is 10.1. The number of nitrogens with two attached hydrogens (primary N) is 1. The highest BCUT2D eigenvalue weighted by Gasteiger charge is 2.32. The number of nitrogen functional groups attached to an aromatic ring is 1. The van der Waals surface area contributed by atoms with Crippen LogP contribution >= 0.6 is 0 Å². The van der Waals surface area contributed by atoms with Gasteiger partial charge >= 0.3 is 6.18 Å². The molecule has 1 aromatic heterocycles. The Bertz CT molecular complexity index is 1170. The van der Waals surface area contributed by atoms with Crippen molar-refractivity contribution >= 4 is 28.5 Å². The standard InChI is InChI=1S/C23H20F3N5O/c24-23(25,26)16-6-4-5-15(11-16)21-28-13-17(14-29-21)30-22(32)19-12-18(7-8-20(19)27)31-9-2-1-3-10-31/h6-8,11-14H,1-3,9-10,27H2,(H,30,32). The van der Waals surface area contributed by atoms with Crippen LogP contribution in [0.4, 0.5) is 30.2 Å². The van der Waals surface area contributed by atoms with Gasteiger partial charge in [-0.05, 0) is 43.5 Å². The molecular formula is C23H20F3N5O. The van der Waals surface area contributed by atoms with Gasteiger partial charge < -0.3 is 16.0 Å². The fraction of sp³-hybridized carbons (Fsp3) is 0.261. The number of carbonyl (C=O) groups is 1. The second kappa shape index (κ2) is 8.75. The van der Waals surface area contributed by atoms with Crippen LogP contribution in [0.25, 0.3) is 5.57 Å². The first-order chi connectivity index (χ1) is 15.3. The normalized spacial score (nSPS) is 15.9. The summed E-state index contributed by atoms with van der Waals surface area (Å²) < 4.78 is 38.7. The molecule has 1 amide bonds. The zero-order chi connectivity index (χ0) is 22.7. The van der Waals surface area contributed by atoms with Gasteiger partial charge in [-0.25, -0.2) is 9.97 Å². The predicted molar refractivity (Wildman–Crippen MR) is 116 cm³/mol. The number of hydrogen-bond donors (Lipinski definition) is 2. The Labute approximate surface area is 182 Å². The van der Waals surface area contributed by atoms with Crippen molar-refractivity contribution in [2.75, 3.05) is 29.0 Å². The highest BCUT2D eigenvalue weighted by atomic mass is 19.4. The van der Waals surface area contributed by atoms with Gasteiger partial charge in [0.15, 0.2) is 5.82 Å². The zero-order valence-corrected chi connectivity index (χ0v) is 17.0. The molecule has 164 valence electrons. The number of carbonyl (C=O) groups excluding carboxylic acids is 1. The van der Waals surface area contributed by atoms with Crippen molar-refractivity contribution in [1.29, 1.82) is 0 Å². The minimum Gasteiger partial charge on any atom is -0.398 e. The van der Waals surface area contributed by atoms with Crippen molar-refractivity contribution in [2.45, 2.75) is 25.4 Å². The molecule has 0 saturated carbocycles. The van der Waals surface area contributed by atoms with Gasteiger partial charge in [0, 0.05) is 30.5 Å². The highest BCUT2D eigenvalue weighted by Crippen LogP contribution is 2.30. The second-order valence-corrected chi connectivity index (χ2v) is 7.49. The maximum atomic E-state index is 12.9. The smallest absolute Gasteiger partial charge is 0.398 e. The molecule has 1 aromatic carbocycles. The molecule has 32 heavy (non-hydrogen) atoms. The Hall–Kier alpha value is -3.80. The molecule has 1 aliphatic carbocycles. The van der Waals surface area contributed by atoms with Gasteiger partial charge in [-0.1, -0.05) is 11.5 Å². The third-order valence-corrected chi connectivity index (χ3v) is 5.21. The van der Waals surface area contributed by atoms with E-state index in [9.17, 15) is 18.0 Å². The first kappa shape index (κ1) is 21.4. The summed E-state index contributed by atoms with van der Waals surface area (Å²) in [5.74, 6) is -0.381. The van der Waals surface area contributed by atoms with E-state index < -0.39 is 17.7 Å². The molecule has 0 spiro atoms. The number of benzene rings is 1. The molecule has 2 heterocycles. The molecule has 0 bridgehead atoms. The first-order valence-corrected chi connectivity index (χ1v) is 10.1. The van der Waals surface area contributed by atoms with Crippen molar-refractivity contribution in [2.24, 2.45) is 0 Å². The minimum absolute atomic E-state index is 0.0389. The summed E-state index contributed by atoms with van der Waals surface area (Å²) in [6, 6.07) is 5.37. The van der Waals surface area contributed by atoms with E-state index >= 15 is 0 Å². The van der Waals surface area contributed by atoms with Crippen LogP contribution in [-0.4, -0.2) is 35.1 Å². The van der Waals surface area contributed by atoms with Gasteiger partial charge in [-0.15, -0.1) is 0 Å². The van der Waals surface area contributed by atoms with Crippen molar-refractivity contribution in [3.63, 3.8) is 0 Å². The van der Waals surface area contributed by atoms with Crippen molar-refractivity contribution in [1.82, 2.24) is 9.97 Å². The van der Waals surface area contributed by atoms with E-state index in [1.807, 2.05) is 6.07 Å². The summed E-state index contributed by atoms with van der Waals surface area (Å²) in [5.41, 5.74) is 12.0. The monoisotopic (exact) mass is 439 g/mol. The maximum absolute atomic E-state index is 12.9. The van der Waals surface area contributed by atoms with Crippen LogP contribution in [0.5, 0.6) is 0 Å². The lowest BCUT2D eigenvalue weighted by molar-refractivity contribution is -0.0881. The average molecular weight is 439 g/mol. The van der Waals surface area contributed by atoms with Crippen LogP contribution in [0.1, 0.15) is 35.4 Å². The Kier molecular flexibility index (Phi) is 5.86. The molecule has 2 aromatic rings. The lowest BCUT2D eigenvalue weighted by atomic mass is 10.1. The number of anilines is 3. The van der Waals surface area contributed by atoms with E-state index in [0.29, 0.717) is 11.3 Å². The van der Waals surface area contributed by atoms with E-state index in [1.54, 1.807) is 12.1 Å². The molecule has 3 N–H and O–H groups in total. The quantitative estimate of drug-likeness (QED) is 0.542. The summed E-state index contributed by atoms with van der Waals surface area (Å²) in [7, 11) is 0. The molecule has 6 nitrogen and oxygen atoms in total. The second-order valence-electron chi connectivity index (χ2n) is 7.49. The fourth-order valence-corrected chi connectivity index (χ4v) is 3.53. The number of nitrogens with one attached hydrogen (secondary N) is 1. The Morgan fingerprint density at radius 1 is 1.12 bits per heavy atom. The van der Waals surface area contributed by atoms with Crippen LogP contribution in [0.3, 0.4) is 0 Å². The predicted octanol–water partition coefficient (Wildman–Crippen LogP) is 4.50. The number of halogens is 3. The van der Waals surface area contributed by atoms with E-state index in [-0.39, 0.29) is 17.1 Å². The largest absolute Gasteiger partial charge is 0.417 e. The lowest BCUT2D eigenvalue weighted by Gasteiger charge is -2.29. The third kappa shape index (κ3) is 4.75. The molecule has 0 atom stereocenters. The highest BCUT2D eigenvalue weighted by molar-refractivity contribution is 6.08. The van der Waals surface area contributed by atoms with Crippen LogP contribution in [-0.2, 0) is 0 Å². The number of hydrogen-bond acceptors (Lipinski definition) is 5. The molecule has 9 heteroatoms. The Balaban J connectivity index is 1.50. The van der Waals surface area contributed by atoms with Gasteiger partial charge in [0.1, 0.15) is 0 Å². The topological polar surface area (TPSA) is 84.1 Å². The Morgan fingerprint density at radius 2 is 1.84 bits per heavy atom. The number of aromatic nitrogens is 2. The molecular weight excluding hydrogens is 419 g/mol. The molecule has 0 radical (unpaired) electrons. The molecule has 0 unspecified atom stereocenters. The molecule has 4 rings (SSSR count). The van der Waals surface area contributed by atoms with Crippen LogP contribution in [0, 0.1) is 0 Å². The summed E-state index contributed by atoms with van der Waals surface area (Å²) >= 11 is 0. The SMILES string of the molecule is Nc1ccc(N2CCCCC2)cc1C(=O)Nc1cnc(C2=C=C=CC(C(F)(F)F)=C2)nc1. The average Bonchev–Trinajstić information content (AvgIpc) is 2.80. The number of rotatable bonds is 4. The number of nitrogens with zero attached hydrogens (tertiary/aromatic N) is 3. The number of allylic oxidation sites excluding steroid dienone is 4. The van der Waals surface area contributed by atoms with Crippen molar-refractivity contribution in [3.05, 3.63) is 71.2 Å². The van der Waals surface area contributed by atoms with E-state index in [0.717, 1.165) is 43.8 Å². The maximum Gasteiger partial charge on any atom is 0.417 e. The fourth-order valence-electron chi connectivity index (χ4n) is 3.53. The summed E-state index contributed by atoms with van der Waals surface area (Å²) in [6.07, 6.45) is 3.25. The zero-order valence-electron chi connectivity index (χ0n) is 17.0. The van der Waals surface area contributed by atoms with Gasteiger partial charge in [0.2, 0.25) is 0 Å². The Morgan fingerprint density at radius 3 is 2.53 bits per heavy atom. The number of amides is 1. The van der Waals surface area contributed by atoms with Gasteiger partial charge in [0.25, 0.3) is 5.91 Å². The number of alkyl halides is 3. The summed E-state index contributed by atoms with van der Waals surface area (Å²) in [6.45, 7) is 1.87. The van der Waals surface area contributed by atoms with Crippen LogP contribution in [0.15, 0.2) is 59.8 Å². The minimum atomic E-state index is -4.50. The van der Waals surface area contributed by atoms with E-state index in [1.165, 1.54) is 18.8 Å². The van der Waals surface area contributed by atoms with Crippen molar-refractivity contribution in [3.8, 4) is 0 Å². The van der Waals surface area contributed by atoms with Gasteiger partial charge in [-0.2, -0.15) is 13.2 Å². The van der Waals surface area contributed by atoms with Crippen LogP contribution in [0.2, 0.25) is 0 Å². The van der Waals surface area contributed by atoms with Gasteiger partial charge in [0.05, 0.1) is 34.8 Å². The van der Waals surface area contributed by atoms with E-state index in [4.69, 9.17) is 5.73 Å². The van der Waals surface area contributed by atoms with E-state index in [2.05, 4.69) is 31.6 Å². The molecule has 1 aliphatic heterocycles. The van der Waals surface area contributed by atoms with Crippen molar-refractivity contribution < 1.29 is 18.0 Å². The molecule has 1 saturated heterocycles. The number of piperidine rings is 1. The van der Waals surface area contributed by atoms with Gasteiger partial charge in [-0.3, -0.25) is 4.79 Å². The van der Waals surface area contributed by atoms with Crippen LogP contribution < -0.4 is 16.0 Å². The molecule has 1 fully saturated rings. The summed E-state index contributed by atoms with van der Waals surface area (Å²) in [5, 5.41) is 2.68. The lowest BCUT2D eigenvalue weighted by Crippen LogP contribution is -2.29. The summed E-state index contributed by atoms with van der Waals surface area (Å²) in [4.78, 5) is 23.1. The molecule has 2 aliphatic rings. The third-order valence-electron chi connectivity index (χ3n) is 5.21.